The Balaban J connectivity index is 1.25. The largest absolute Gasteiger partial charge is 0.264 e. The summed E-state index contributed by atoms with van der Waals surface area (Å²) < 4.78 is 0. The van der Waals surface area contributed by atoms with Crippen molar-refractivity contribution in [1.82, 2.24) is 15.0 Å². The van der Waals surface area contributed by atoms with Gasteiger partial charge in [-0.2, -0.15) is 0 Å². The molecule has 0 aliphatic heterocycles. The van der Waals surface area contributed by atoms with Crippen LogP contribution in [0.15, 0.2) is 189 Å². The molecule has 0 spiro atoms. The third kappa shape index (κ3) is 6.05. The van der Waals surface area contributed by atoms with Crippen LogP contribution in [0, 0.1) is 0 Å². The van der Waals surface area contributed by atoms with Crippen molar-refractivity contribution in [3.8, 4) is 44.9 Å². The first-order valence-electron chi connectivity index (χ1n) is 16.6. The molecule has 0 unspecified atom stereocenters. The third-order valence-electron chi connectivity index (χ3n) is 9.09. The molecular formula is C47H33N3. The minimum Gasteiger partial charge on any atom is -0.264 e. The lowest BCUT2D eigenvalue weighted by Crippen LogP contribution is -1.98. The standard InChI is InChI=1S/C47H33N3/c1-3-33(27-32(2)40-18-12-26-48-31-40)45-30-46(39-17-11-16-37(28-39)34-13-5-4-6-14-34)50-47(49-45)36-24-22-35(23-25-36)44-29-38-15-7-8-19-41(38)42-20-9-10-21-43(42)44/h3-31H,1-2H2/b33-27+. The van der Waals surface area contributed by atoms with Crippen LogP contribution in [0.3, 0.4) is 0 Å². The SMILES string of the molecule is C=C/C(=C\C(=C)c1cccnc1)c1cc(-c2cccc(-c3ccccc3)c2)nc(-c2ccc(-c3cc4ccccc4c4ccccc34)cc2)n1. The molecule has 8 aromatic rings. The zero-order chi connectivity index (χ0) is 33.9. The summed E-state index contributed by atoms with van der Waals surface area (Å²) in [5.41, 5.74) is 10.8. The van der Waals surface area contributed by atoms with E-state index in [0.717, 1.165) is 55.9 Å². The summed E-state index contributed by atoms with van der Waals surface area (Å²) in [5, 5.41) is 4.96. The van der Waals surface area contributed by atoms with Crippen LogP contribution in [0.4, 0.5) is 0 Å². The Morgan fingerprint density at radius 3 is 2.02 bits per heavy atom. The summed E-state index contributed by atoms with van der Waals surface area (Å²) in [6.45, 7) is 8.46. The lowest BCUT2D eigenvalue weighted by molar-refractivity contribution is 1.16. The van der Waals surface area contributed by atoms with E-state index >= 15 is 0 Å². The number of fused-ring (bicyclic) bond motifs is 3. The van der Waals surface area contributed by atoms with E-state index in [4.69, 9.17) is 9.97 Å². The van der Waals surface area contributed by atoms with E-state index in [1.54, 1.807) is 6.20 Å². The van der Waals surface area contributed by atoms with Gasteiger partial charge in [0.2, 0.25) is 0 Å². The topological polar surface area (TPSA) is 38.7 Å². The van der Waals surface area contributed by atoms with Crippen molar-refractivity contribution in [1.29, 1.82) is 0 Å². The van der Waals surface area contributed by atoms with Gasteiger partial charge in [0.25, 0.3) is 0 Å². The van der Waals surface area contributed by atoms with Crippen LogP contribution in [-0.2, 0) is 0 Å². The molecule has 0 bridgehead atoms. The molecule has 0 radical (unpaired) electrons. The van der Waals surface area contributed by atoms with E-state index in [1.165, 1.54) is 27.1 Å². The Morgan fingerprint density at radius 1 is 0.540 bits per heavy atom. The third-order valence-corrected chi connectivity index (χ3v) is 9.09. The highest BCUT2D eigenvalue weighted by molar-refractivity contribution is 6.13. The zero-order valence-electron chi connectivity index (χ0n) is 27.5. The lowest BCUT2D eigenvalue weighted by Gasteiger charge is -2.13. The molecule has 236 valence electrons. The molecule has 0 amide bonds. The average Bonchev–Trinajstić information content (AvgIpc) is 3.20. The first kappa shape index (κ1) is 30.6. The summed E-state index contributed by atoms with van der Waals surface area (Å²) in [6.07, 6.45) is 7.40. The second-order valence-electron chi connectivity index (χ2n) is 12.2. The van der Waals surface area contributed by atoms with E-state index < -0.39 is 0 Å². The van der Waals surface area contributed by atoms with Crippen molar-refractivity contribution in [2.24, 2.45) is 0 Å². The molecular weight excluding hydrogens is 607 g/mol. The predicted molar refractivity (Wildman–Crippen MR) is 210 cm³/mol. The van der Waals surface area contributed by atoms with Crippen molar-refractivity contribution in [3.05, 3.63) is 201 Å². The minimum absolute atomic E-state index is 0.636. The molecule has 0 aliphatic rings. The molecule has 3 nitrogen and oxygen atoms in total. The normalized spacial score (nSPS) is 11.5. The fourth-order valence-corrected chi connectivity index (χ4v) is 6.51. The van der Waals surface area contributed by atoms with Crippen LogP contribution in [0.2, 0.25) is 0 Å². The van der Waals surface area contributed by atoms with Gasteiger partial charge in [-0.3, -0.25) is 4.98 Å². The zero-order valence-corrected chi connectivity index (χ0v) is 27.5. The van der Waals surface area contributed by atoms with E-state index in [0.29, 0.717) is 5.82 Å². The summed E-state index contributed by atoms with van der Waals surface area (Å²) in [5.74, 6) is 0.636. The van der Waals surface area contributed by atoms with Crippen LogP contribution >= 0.6 is 0 Å². The number of hydrogen-bond donors (Lipinski definition) is 0. The average molecular weight is 640 g/mol. The number of rotatable bonds is 8. The second kappa shape index (κ2) is 13.4. The predicted octanol–water partition coefficient (Wildman–Crippen LogP) is 12.1. The molecule has 3 heteroatoms. The van der Waals surface area contributed by atoms with Crippen molar-refractivity contribution >= 4 is 32.7 Å². The number of hydrogen-bond acceptors (Lipinski definition) is 3. The molecule has 50 heavy (non-hydrogen) atoms. The number of allylic oxidation sites excluding steroid dienone is 4. The van der Waals surface area contributed by atoms with Gasteiger partial charge in [0.05, 0.1) is 11.4 Å². The van der Waals surface area contributed by atoms with Crippen LogP contribution < -0.4 is 0 Å². The Kier molecular flexibility index (Phi) is 8.22. The van der Waals surface area contributed by atoms with Crippen LogP contribution in [-0.4, -0.2) is 15.0 Å². The molecule has 2 aromatic heterocycles. The van der Waals surface area contributed by atoms with Gasteiger partial charge in [-0.25, -0.2) is 9.97 Å². The van der Waals surface area contributed by atoms with Gasteiger partial charge >= 0.3 is 0 Å². The van der Waals surface area contributed by atoms with Gasteiger partial charge in [0.15, 0.2) is 5.82 Å². The summed E-state index contributed by atoms with van der Waals surface area (Å²) in [6, 6.07) is 52.9. The maximum atomic E-state index is 5.15. The van der Waals surface area contributed by atoms with E-state index in [9.17, 15) is 0 Å². The van der Waals surface area contributed by atoms with Gasteiger partial charge < -0.3 is 0 Å². The van der Waals surface area contributed by atoms with E-state index in [-0.39, 0.29) is 0 Å². The highest BCUT2D eigenvalue weighted by Crippen LogP contribution is 2.36. The number of benzene rings is 6. The highest BCUT2D eigenvalue weighted by Gasteiger charge is 2.14. The van der Waals surface area contributed by atoms with Gasteiger partial charge in [-0.15, -0.1) is 0 Å². The maximum Gasteiger partial charge on any atom is 0.160 e. The quantitative estimate of drug-likeness (QED) is 0.123. The van der Waals surface area contributed by atoms with Crippen LogP contribution in [0.5, 0.6) is 0 Å². The molecule has 0 atom stereocenters. The number of nitrogens with zero attached hydrogens (tertiary/aromatic N) is 3. The van der Waals surface area contributed by atoms with Gasteiger partial charge in [-0.05, 0) is 85.3 Å². The fourth-order valence-electron chi connectivity index (χ4n) is 6.51. The number of pyridine rings is 1. The van der Waals surface area contributed by atoms with E-state index in [1.807, 2.05) is 42.6 Å². The lowest BCUT2D eigenvalue weighted by atomic mass is 9.93. The Bertz CT molecular complexity index is 2550. The van der Waals surface area contributed by atoms with Crippen LogP contribution in [0.25, 0.3) is 77.6 Å². The van der Waals surface area contributed by atoms with Crippen molar-refractivity contribution in [2.45, 2.75) is 0 Å². The summed E-state index contributed by atoms with van der Waals surface area (Å²) >= 11 is 0. The first-order chi connectivity index (χ1) is 24.6. The highest BCUT2D eigenvalue weighted by atomic mass is 14.9. The summed E-state index contributed by atoms with van der Waals surface area (Å²) in [4.78, 5) is 14.5. The second-order valence-corrected chi connectivity index (χ2v) is 12.2. The first-order valence-corrected chi connectivity index (χ1v) is 16.6. The van der Waals surface area contributed by atoms with Crippen molar-refractivity contribution < 1.29 is 0 Å². The molecule has 8 rings (SSSR count). The minimum atomic E-state index is 0.636. The molecule has 0 aliphatic carbocycles. The number of aromatic nitrogens is 3. The Morgan fingerprint density at radius 2 is 1.24 bits per heavy atom. The molecule has 0 fully saturated rings. The van der Waals surface area contributed by atoms with Gasteiger partial charge in [0, 0.05) is 29.1 Å². The fraction of sp³-hybridized carbons (Fsp3) is 0. The molecule has 0 saturated heterocycles. The molecule has 6 aromatic carbocycles. The molecule has 2 heterocycles. The summed E-state index contributed by atoms with van der Waals surface area (Å²) in [7, 11) is 0. The smallest absolute Gasteiger partial charge is 0.160 e. The van der Waals surface area contributed by atoms with Crippen molar-refractivity contribution in [2.75, 3.05) is 0 Å². The monoisotopic (exact) mass is 639 g/mol. The van der Waals surface area contributed by atoms with Gasteiger partial charge in [-0.1, -0.05) is 147 Å². The molecule has 0 N–H and O–H groups in total. The van der Waals surface area contributed by atoms with Gasteiger partial charge in [0.1, 0.15) is 0 Å². The Labute approximate surface area is 292 Å². The molecule has 0 saturated carbocycles. The van der Waals surface area contributed by atoms with Crippen LogP contribution in [0.1, 0.15) is 11.3 Å². The van der Waals surface area contributed by atoms with Crippen molar-refractivity contribution in [3.63, 3.8) is 0 Å². The Hall–Kier alpha value is -6.71. The van der Waals surface area contributed by atoms with E-state index in [2.05, 4.69) is 146 Å². The maximum absolute atomic E-state index is 5.15.